The van der Waals surface area contributed by atoms with E-state index in [0.29, 0.717) is 0 Å². The molecule has 33 valence electrons. The van der Waals surface area contributed by atoms with Crippen LogP contribution in [0.15, 0.2) is 0 Å². The first kappa shape index (κ1) is 30.2. The normalized spacial score (nSPS) is 0. The zero-order chi connectivity index (χ0) is 0. The molecule has 0 nitrogen and oxygen atoms in total. The molecule has 0 fully saturated rings. The molecule has 0 aliphatic heterocycles. The van der Waals surface area contributed by atoms with Gasteiger partial charge in [-0.15, -0.1) is 0 Å². The van der Waals surface area contributed by atoms with Gasteiger partial charge in [-0.2, -0.15) is 0 Å². The van der Waals surface area contributed by atoms with Gasteiger partial charge in [0.05, 0.1) is 0 Å². The fourth-order valence-corrected chi connectivity index (χ4v) is 0. The van der Waals surface area contributed by atoms with Crippen LogP contribution < -0.4 is 0 Å². The van der Waals surface area contributed by atoms with Crippen molar-refractivity contribution >= 4 is 0 Å². The van der Waals surface area contributed by atoms with Crippen LogP contribution >= 0.6 is 0 Å². The van der Waals surface area contributed by atoms with Crippen LogP contribution in [0.1, 0.15) is 0 Å². The van der Waals surface area contributed by atoms with Gasteiger partial charge in [-0.25, -0.2) is 0 Å². The summed E-state index contributed by atoms with van der Waals surface area (Å²) in [7, 11) is 0. The van der Waals surface area contributed by atoms with Gasteiger partial charge in [0.2, 0.25) is 0 Å². The molecule has 0 amide bonds. The summed E-state index contributed by atoms with van der Waals surface area (Å²) in [5.74, 6) is 0. The maximum atomic E-state index is 0. The minimum absolute atomic E-state index is 0. The Morgan fingerprint density at radius 3 is 1.00 bits per heavy atom. The zero-order valence-corrected chi connectivity index (χ0v) is 9.82. The molecule has 0 atom stereocenters. The molecule has 0 aromatic rings. The van der Waals surface area contributed by atoms with Crippen molar-refractivity contribution in [2.45, 2.75) is 0 Å². The van der Waals surface area contributed by atoms with Crippen molar-refractivity contribution in [3.63, 3.8) is 0 Å². The summed E-state index contributed by atoms with van der Waals surface area (Å²) in [6, 6.07) is 0. The van der Waals surface area contributed by atoms with Crippen LogP contribution in [-0.2, 0) is 81.7 Å². The van der Waals surface area contributed by atoms with E-state index in [4.69, 9.17) is 0 Å². The van der Waals surface area contributed by atoms with E-state index >= 15 is 0 Å². The largest absolute Gasteiger partial charge is 0 e. The molecule has 0 bridgehead atoms. The first-order valence-electron chi connectivity index (χ1n) is 0. The topological polar surface area (TPSA) is 0 Å². The Morgan fingerprint density at radius 1 is 1.00 bits per heavy atom. The van der Waals surface area contributed by atoms with Gasteiger partial charge in [0.1, 0.15) is 0 Å². The third kappa shape index (κ3) is 8.82. The Labute approximate surface area is 80.5 Å². The molecule has 0 aromatic heterocycles. The van der Waals surface area contributed by atoms with Gasteiger partial charge in [0.15, 0.2) is 0 Å². The second-order valence-electron chi connectivity index (χ2n) is 0. The summed E-state index contributed by atoms with van der Waals surface area (Å²) in [5.41, 5.74) is 0. The van der Waals surface area contributed by atoms with Crippen LogP contribution in [0.2, 0.25) is 0 Å². The van der Waals surface area contributed by atoms with E-state index in [1.807, 2.05) is 0 Å². The van der Waals surface area contributed by atoms with Gasteiger partial charge in [0.25, 0.3) is 0 Å². The molecule has 0 N–H and O–H groups in total. The summed E-state index contributed by atoms with van der Waals surface area (Å²) in [6.45, 7) is 0. The molecular formula is IrMoPtRu. The minimum atomic E-state index is 0. The molecule has 0 rings (SSSR count). The van der Waals surface area contributed by atoms with Crippen LogP contribution in [0.4, 0.5) is 0 Å². The molecular weight excluding hydrogens is 584 g/mol. The van der Waals surface area contributed by atoms with Gasteiger partial charge >= 0.3 is 0 Å². The van der Waals surface area contributed by atoms with E-state index in [0.717, 1.165) is 0 Å². The Balaban J connectivity index is 0. The van der Waals surface area contributed by atoms with E-state index in [-0.39, 0.29) is 81.7 Å². The molecule has 0 aromatic carbocycles. The van der Waals surface area contributed by atoms with Gasteiger partial charge in [-0.05, 0) is 0 Å². The molecule has 4 heavy (non-hydrogen) atoms. The van der Waals surface area contributed by atoms with Crippen LogP contribution in [0.5, 0.6) is 0 Å². The van der Waals surface area contributed by atoms with Crippen LogP contribution in [-0.4, -0.2) is 0 Å². The van der Waals surface area contributed by atoms with E-state index in [1.54, 1.807) is 0 Å². The van der Waals surface area contributed by atoms with Crippen molar-refractivity contribution in [3.05, 3.63) is 0 Å². The predicted octanol–water partition coefficient (Wildman–Crippen LogP) is -0.0100. The van der Waals surface area contributed by atoms with E-state index in [1.165, 1.54) is 0 Å². The third-order valence-electron chi connectivity index (χ3n) is 0. The average molecular weight is 584 g/mol. The second-order valence-corrected chi connectivity index (χ2v) is 0. The van der Waals surface area contributed by atoms with E-state index in [9.17, 15) is 0 Å². The Hall–Kier alpha value is 2.65. The van der Waals surface area contributed by atoms with Crippen molar-refractivity contribution in [1.82, 2.24) is 0 Å². The first-order valence-corrected chi connectivity index (χ1v) is 0. The summed E-state index contributed by atoms with van der Waals surface area (Å²) in [6.07, 6.45) is 0. The molecule has 0 aliphatic carbocycles. The quantitative estimate of drug-likeness (QED) is 0.352. The Bertz CT molecular complexity index is 8.00. The molecule has 0 heterocycles. The second kappa shape index (κ2) is 17.4. The predicted molar refractivity (Wildman–Crippen MR) is 0 cm³/mol. The third-order valence-corrected chi connectivity index (χ3v) is 0. The number of hydrogen-bond donors (Lipinski definition) is 0. The SMILES string of the molecule is [Ir].[Mo].[Pt].[Ru]. The molecule has 0 saturated carbocycles. The fraction of sp³-hybridized carbons (Fsp3) is 0. The summed E-state index contributed by atoms with van der Waals surface area (Å²) in [5, 5.41) is 0. The standard InChI is InChI=1S/Ir.Mo.Pt.Ru. The molecule has 0 unspecified atom stereocenters. The van der Waals surface area contributed by atoms with Gasteiger partial charge in [-0.3, -0.25) is 0 Å². The summed E-state index contributed by atoms with van der Waals surface area (Å²) >= 11 is 0. The van der Waals surface area contributed by atoms with Crippen molar-refractivity contribution in [3.8, 4) is 0 Å². The van der Waals surface area contributed by atoms with Crippen molar-refractivity contribution < 1.29 is 81.7 Å². The Morgan fingerprint density at radius 2 is 1.00 bits per heavy atom. The summed E-state index contributed by atoms with van der Waals surface area (Å²) in [4.78, 5) is 0. The molecule has 0 saturated heterocycles. The van der Waals surface area contributed by atoms with Gasteiger partial charge in [0, 0.05) is 81.7 Å². The molecule has 0 spiro atoms. The van der Waals surface area contributed by atoms with Crippen LogP contribution in [0.3, 0.4) is 0 Å². The van der Waals surface area contributed by atoms with E-state index < -0.39 is 0 Å². The summed E-state index contributed by atoms with van der Waals surface area (Å²) < 4.78 is 0. The molecule has 1 radical (unpaired) electrons. The van der Waals surface area contributed by atoms with Crippen LogP contribution in [0, 0.1) is 0 Å². The van der Waals surface area contributed by atoms with Crippen molar-refractivity contribution in [2.75, 3.05) is 0 Å². The minimum Gasteiger partial charge on any atom is 0 e. The van der Waals surface area contributed by atoms with E-state index in [2.05, 4.69) is 0 Å². The smallest absolute Gasteiger partial charge is 0 e. The first-order chi connectivity index (χ1) is 0. The van der Waals surface area contributed by atoms with Crippen molar-refractivity contribution in [1.29, 1.82) is 0 Å². The fourth-order valence-electron chi connectivity index (χ4n) is 0. The monoisotopic (exact) mass is 588 g/mol. The maximum Gasteiger partial charge on any atom is 0 e. The maximum absolute atomic E-state index is 0. The number of hydrogen-bond acceptors (Lipinski definition) is 0. The molecule has 0 aliphatic rings. The molecule has 4 heteroatoms. The number of rotatable bonds is 0. The van der Waals surface area contributed by atoms with Gasteiger partial charge in [-0.1, -0.05) is 0 Å². The van der Waals surface area contributed by atoms with Gasteiger partial charge < -0.3 is 0 Å². The average Bonchev–Trinajstić information content (AvgIpc) is 0. The van der Waals surface area contributed by atoms with Crippen molar-refractivity contribution in [2.24, 2.45) is 0 Å². The van der Waals surface area contributed by atoms with Crippen LogP contribution in [0.25, 0.3) is 0 Å². The zero-order valence-electron chi connectivity index (χ0n) is 1.41. The Kier molecular flexibility index (Phi) is 132.